The van der Waals surface area contributed by atoms with Gasteiger partial charge in [0.2, 0.25) is 5.88 Å². The minimum absolute atomic E-state index is 0.175. The van der Waals surface area contributed by atoms with Gasteiger partial charge in [-0.2, -0.15) is 0 Å². The number of nitrogens with two attached hydrogens (primary N) is 1. The Labute approximate surface area is 108 Å². The van der Waals surface area contributed by atoms with Crippen LogP contribution < -0.4 is 10.5 Å². The lowest BCUT2D eigenvalue weighted by atomic mass is 10.1. The van der Waals surface area contributed by atoms with E-state index >= 15 is 0 Å². The molecule has 0 aliphatic rings. The molecule has 0 aliphatic carbocycles. The van der Waals surface area contributed by atoms with Crippen molar-refractivity contribution < 1.29 is 4.74 Å². The molecule has 0 amide bonds. The third-order valence-corrected chi connectivity index (χ3v) is 2.99. The van der Waals surface area contributed by atoms with Crippen LogP contribution in [0.1, 0.15) is 32.3 Å². The fourth-order valence-electron chi connectivity index (χ4n) is 2.05. The van der Waals surface area contributed by atoms with E-state index in [-0.39, 0.29) is 6.10 Å². The minimum Gasteiger partial charge on any atom is -0.474 e. The van der Waals surface area contributed by atoms with Gasteiger partial charge in [-0.15, -0.1) is 0 Å². The molecule has 2 N–H and O–H groups in total. The molecule has 0 bridgehead atoms. The van der Waals surface area contributed by atoms with Crippen molar-refractivity contribution >= 4 is 10.9 Å². The molecule has 18 heavy (non-hydrogen) atoms. The molecule has 2 rings (SSSR count). The zero-order valence-corrected chi connectivity index (χ0v) is 11.0. The predicted octanol–water partition coefficient (Wildman–Crippen LogP) is 3.26. The number of nitrogens with zero attached hydrogens (tertiary/aromatic N) is 1. The number of para-hydroxylation sites is 1. The molecule has 1 unspecified atom stereocenters. The maximum atomic E-state index is 5.89. The van der Waals surface area contributed by atoms with Crippen molar-refractivity contribution in [2.24, 2.45) is 5.73 Å². The Morgan fingerprint density at radius 2 is 2.11 bits per heavy atom. The monoisotopic (exact) mass is 244 g/mol. The van der Waals surface area contributed by atoms with E-state index in [9.17, 15) is 0 Å². The fourth-order valence-corrected chi connectivity index (χ4v) is 2.05. The van der Waals surface area contributed by atoms with Crippen molar-refractivity contribution in [3.63, 3.8) is 0 Å². The summed E-state index contributed by atoms with van der Waals surface area (Å²) < 4.78 is 5.89. The second-order valence-corrected chi connectivity index (χ2v) is 4.57. The standard InChI is InChI=1S/C15H20N2O/c1-3-6-11(2)18-15-13(10-16)9-12-7-4-5-8-14(12)17-15/h4-5,7-9,11H,3,6,10,16H2,1-2H3. The van der Waals surface area contributed by atoms with Gasteiger partial charge in [0.1, 0.15) is 0 Å². The van der Waals surface area contributed by atoms with Gasteiger partial charge in [-0.3, -0.25) is 0 Å². The average molecular weight is 244 g/mol. The molecule has 2 aromatic rings. The van der Waals surface area contributed by atoms with Gasteiger partial charge in [-0.1, -0.05) is 31.5 Å². The minimum atomic E-state index is 0.175. The summed E-state index contributed by atoms with van der Waals surface area (Å²) in [5, 5.41) is 1.11. The molecular formula is C15H20N2O. The Morgan fingerprint density at radius 3 is 2.83 bits per heavy atom. The van der Waals surface area contributed by atoms with E-state index in [1.165, 1.54) is 0 Å². The zero-order valence-electron chi connectivity index (χ0n) is 11.0. The number of benzene rings is 1. The van der Waals surface area contributed by atoms with Gasteiger partial charge in [0.15, 0.2) is 0 Å². The van der Waals surface area contributed by atoms with Gasteiger partial charge >= 0.3 is 0 Å². The predicted molar refractivity (Wildman–Crippen MR) is 74.6 cm³/mol. The molecule has 0 radical (unpaired) electrons. The molecule has 1 heterocycles. The van der Waals surface area contributed by atoms with E-state index in [0.29, 0.717) is 12.4 Å². The van der Waals surface area contributed by atoms with Gasteiger partial charge in [0.25, 0.3) is 0 Å². The summed E-state index contributed by atoms with van der Waals surface area (Å²) >= 11 is 0. The van der Waals surface area contributed by atoms with Gasteiger partial charge in [0.05, 0.1) is 11.6 Å². The number of pyridine rings is 1. The third kappa shape index (κ3) is 2.79. The van der Waals surface area contributed by atoms with E-state index < -0.39 is 0 Å². The molecule has 0 spiro atoms. The van der Waals surface area contributed by atoms with Crippen LogP contribution in [-0.4, -0.2) is 11.1 Å². The molecule has 1 aromatic carbocycles. The first-order valence-corrected chi connectivity index (χ1v) is 6.50. The Morgan fingerprint density at radius 1 is 1.33 bits per heavy atom. The fraction of sp³-hybridized carbons (Fsp3) is 0.400. The van der Waals surface area contributed by atoms with E-state index in [1.807, 2.05) is 24.3 Å². The average Bonchev–Trinajstić information content (AvgIpc) is 2.38. The van der Waals surface area contributed by atoms with Crippen molar-refractivity contribution in [1.82, 2.24) is 4.98 Å². The quantitative estimate of drug-likeness (QED) is 0.878. The Kier molecular flexibility index (Phi) is 4.15. The van der Waals surface area contributed by atoms with E-state index in [2.05, 4.69) is 24.9 Å². The van der Waals surface area contributed by atoms with Crippen molar-refractivity contribution in [1.29, 1.82) is 0 Å². The van der Waals surface area contributed by atoms with Gasteiger partial charge < -0.3 is 10.5 Å². The van der Waals surface area contributed by atoms with Gasteiger partial charge in [0, 0.05) is 17.5 Å². The lowest BCUT2D eigenvalue weighted by Crippen LogP contribution is -2.14. The SMILES string of the molecule is CCCC(C)Oc1nc2ccccc2cc1CN. The second-order valence-electron chi connectivity index (χ2n) is 4.57. The third-order valence-electron chi connectivity index (χ3n) is 2.99. The van der Waals surface area contributed by atoms with Crippen LogP contribution in [-0.2, 0) is 6.54 Å². The van der Waals surface area contributed by atoms with Crippen LogP contribution in [0.2, 0.25) is 0 Å². The van der Waals surface area contributed by atoms with Crippen LogP contribution in [0.4, 0.5) is 0 Å². The molecule has 1 aromatic heterocycles. The van der Waals surface area contributed by atoms with Crippen molar-refractivity contribution in [2.75, 3.05) is 0 Å². The summed E-state index contributed by atoms with van der Waals surface area (Å²) in [4.78, 5) is 4.57. The summed E-state index contributed by atoms with van der Waals surface area (Å²) in [5.41, 5.74) is 7.69. The lowest BCUT2D eigenvalue weighted by Gasteiger charge is -2.16. The summed E-state index contributed by atoms with van der Waals surface area (Å²) in [5.74, 6) is 0.678. The molecule has 3 heteroatoms. The van der Waals surface area contributed by atoms with Crippen LogP contribution in [0.3, 0.4) is 0 Å². The number of rotatable bonds is 5. The van der Waals surface area contributed by atoms with Crippen molar-refractivity contribution in [3.05, 3.63) is 35.9 Å². The summed E-state index contributed by atoms with van der Waals surface area (Å²) in [6, 6.07) is 10.1. The molecule has 0 saturated heterocycles. The summed E-state index contributed by atoms with van der Waals surface area (Å²) in [6.07, 6.45) is 2.31. The number of hydrogen-bond donors (Lipinski definition) is 1. The molecular weight excluding hydrogens is 224 g/mol. The highest BCUT2D eigenvalue weighted by atomic mass is 16.5. The molecule has 0 saturated carbocycles. The highest BCUT2D eigenvalue weighted by molar-refractivity contribution is 5.80. The van der Waals surface area contributed by atoms with Crippen LogP contribution in [0.5, 0.6) is 5.88 Å². The van der Waals surface area contributed by atoms with Gasteiger partial charge in [-0.05, 0) is 25.5 Å². The number of ether oxygens (including phenoxy) is 1. The van der Waals surface area contributed by atoms with E-state index in [1.54, 1.807) is 0 Å². The molecule has 1 atom stereocenters. The molecule has 0 aliphatic heterocycles. The smallest absolute Gasteiger partial charge is 0.218 e. The lowest BCUT2D eigenvalue weighted by molar-refractivity contribution is 0.200. The van der Waals surface area contributed by atoms with Crippen molar-refractivity contribution in [3.8, 4) is 5.88 Å². The van der Waals surface area contributed by atoms with Crippen LogP contribution in [0.25, 0.3) is 10.9 Å². The topological polar surface area (TPSA) is 48.1 Å². The maximum Gasteiger partial charge on any atom is 0.218 e. The number of hydrogen-bond acceptors (Lipinski definition) is 3. The number of fused-ring (bicyclic) bond motifs is 1. The molecule has 96 valence electrons. The van der Waals surface area contributed by atoms with Crippen LogP contribution >= 0.6 is 0 Å². The summed E-state index contributed by atoms with van der Waals surface area (Å²) in [7, 11) is 0. The maximum absolute atomic E-state index is 5.89. The highest BCUT2D eigenvalue weighted by Gasteiger charge is 2.10. The largest absolute Gasteiger partial charge is 0.474 e. The second kappa shape index (κ2) is 5.83. The normalized spacial score (nSPS) is 12.6. The Hall–Kier alpha value is -1.61. The first kappa shape index (κ1) is 12.8. The van der Waals surface area contributed by atoms with E-state index in [0.717, 1.165) is 29.3 Å². The Balaban J connectivity index is 2.35. The first-order chi connectivity index (χ1) is 8.74. The van der Waals surface area contributed by atoms with Crippen molar-refractivity contribution in [2.45, 2.75) is 39.3 Å². The van der Waals surface area contributed by atoms with Gasteiger partial charge in [-0.25, -0.2) is 4.98 Å². The van der Waals surface area contributed by atoms with E-state index in [4.69, 9.17) is 10.5 Å². The summed E-state index contributed by atoms with van der Waals surface area (Å²) in [6.45, 7) is 4.67. The number of aromatic nitrogens is 1. The van der Waals surface area contributed by atoms with Crippen LogP contribution in [0.15, 0.2) is 30.3 Å². The molecule has 3 nitrogen and oxygen atoms in total. The zero-order chi connectivity index (χ0) is 13.0. The first-order valence-electron chi connectivity index (χ1n) is 6.50. The highest BCUT2D eigenvalue weighted by Crippen LogP contribution is 2.23. The Bertz CT molecular complexity index is 525. The van der Waals surface area contributed by atoms with Crippen LogP contribution in [0, 0.1) is 0 Å². The molecule has 0 fully saturated rings.